The molecule has 6 atom stereocenters. The summed E-state index contributed by atoms with van der Waals surface area (Å²) in [6, 6.07) is 10.7. The molecule has 0 radical (unpaired) electrons. The standard InChI is InChI=1S/C24H23N3O3/c1-12-6-7-13(2)27(12)25-22(28)14-4-3-5-15(10-14)26-23(29)20-16-8-9-17(19-11-18(16)19)21(20)24(26)30/h3-10,16-21H,11H2,1-2H3,(H,25,28)/t16-,17-,18-,19-,20-,21+/m0/s1. The molecule has 0 unspecified atom stereocenters. The number of nitrogens with one attached hydrogen (secondary N) is 1. The van der Waals surface area contributed by atoms with Gasteiger partial charge in [0.2, 0.25) is 11.8 Å². The van der Waals surface area contributed by atoms with Gasteiger partial charge in [0.05, 0.1) is 17.5 Å². The highest BCUT2D eigenvalue weighted by molar-refractivity contribution is 6.23. The number of hydrogen-bond acceptors (Lipinski definition) is 3. The summed E-state index contributed by atoms with van der Waals surface area (Å²) in [6.45, 7) is 3.83. The number of amides is 3. The largest absolute Gasteiger partial charge is 0.274 e. The maximum absolute atomic E-state index is 13.3. The molecule has 6 heteroatoms. The summed E-state index contributed by atoms with van der Waals surface area (Å²) in [5, 5.41) is 0. The van der Waals surface area contributed by atoms with Crippen molar-refractivity contribution in [2.45, 2.75) is 20.3 Å². The lowest BCUT2D eigenvalue weighted by Gasteiger charge is -2.37. The van der Waals surface area contributed by atoms with Gasteiger partial charge in [-0.15, -0.1) is 0 Å². The van der Waals surface area contributed by atoms with E-state index in [-0.39, 0.29) is 41.4 Å². The Kier molecular flexibility index (Phi) is 3.50. The molecule has 1 N–H and O–H groups in total. The zero-order chi connectivity index (χ0) is 20.7. The molecule has 2 bridgehead atoms. The Labute approximate surface area is 174 Å². The SMILES string of the molecule is Cc1ccc(C)n1NC(=O)c1cccc(N2C(=O)[C@@H]3[C@H]4C=C[C@@H]([C@@H]5C[C@@H]45)[C@@H]3C2=O)c1. The van der Waals surface area contributed by atoms with E-state index in [1.807, 2.05) is 26.0 Å². The van der Waals surface area contributed by atoms with Crippen LogP contribution in [0.1, 0.15) is 28.2 Å². The Morgan fingerprint density at radius 1 is 0.933 bits per heavy atom. The fraction of sp³-hybridized carbons (Fsp3) is 0.375. The molecule has 2 heterocycles. The van der Waals surface area contributed by atoms with Crippen LogP contribution in [0.15, 0.2) is 48.6 Å². The zero-order valence-corrected chi connectivity index (χ0v) is 16.9. The molecular formula is C24H23N3O3. The minimum Gasteiger partial charge on any atom is -0.274 e. The first-order valence-electron chi connectivity index (χ1n) is 10.6. The first kappa shape index (κ1) is 17.7. The molecule has 2 aromatic rings. The number of nitrogens with zero attached hydrogens (tertiary/aromatic N) is 2. The van der Waals surface area contributed by atoms with Crippen LogP contribution in [0, 0.1) is 49.4 Å². The maximum Gasteiger partial charge on any atom is 0.270 e. The summed E-state index contributed by atoms with van der Waals surface area (Å²) in [4.78, 5) is 40.8. The topological polar surface area (TPSA) is 71.4 Å². The smallest absolute Gasteiger partial charge is 0.270 e. The summed E-state index contributed by atoms with van der Waals surface area (Å²) in [6.07, 6.45) is 5.48. The fourth-order valence-electron chi connectivity index (χ4n) is 6.01. The predicted molar refractivity (Wildman–Crippen MR) is 111 cm³/mol. The van der Waals surface area contributed by atoms with Crippen molar-refractivity contribution in [1.82, 2.24) is 4.68 Å². The van der Waals surface area contributed by atoms with Crippen LogP contribution < -0.4 is 10.3 Å². The van der Waals surface area contributed by atoms with Crippen LogP contribution in [0.3, 0.4) is 0 Å². The second-order valence-corrected chi connectivity index (χ2v) is 9.11. The minimum atomic E-state index is -0.279. The van der Waals surface area contributed by atoms with Crippen LogP contribution in [0.25, 0.3) is 0 Å². The second-order valence-electron chi connectivity index (χ2n) is 9.11. The van der Waals surface area contributed by atoms with Gasteiger partial charge < -0.3 is 0 Å². The molecule has 3 amide bonds. The molecule has 30 heavy (non-hydrogen) atoms. The summed E-state index contributed by atoms with van der Waals surface area (Å²) >= 11 is 0. The number of hydrogen-bond donors (Lipinski definition) is 1. The Morgan fingerprint density at radius 3 is 2.13 bits per heavy atom. The minimum absolute atomic E-state index is 0.107. The lowest BCUT2D eigenvalue weighted by Crippen LogP contribution is -2.40. The number of rotatable bonds is 3. The molecule has 152 valence electrons. The van der Waals surface area contributed by atoms with Gasteiger partial charge >= 0.3 is 0 Å². The van der Waals surface area contributed by atoms with Crippen LogP contribution in [-0.4, -0.2) is 22.4 Å². The third-order valence-electron chi connectivity index (χ3n) is 7.51. The highest BCUT2D eigenvalue weighted by Crippen LogP contribution is 2.65. The Morgan fingerprint density at radius 2 is 1.53 bits per heavy atom. The van der Waals surface area contributed by atoms with Gasteiger partial charge in [0, 0.05) is 17.0 Å². The quantitative estimate of drug-likeness (QED) is 0.635. The number of allylic oxidation sites excluding steroid dienone is 2. The van der Waals surface area contributed by atoms with E-state index in [1.165, 1.54) is 4.90 Å². The zero-order valence-electron chi connectivity index (χ0n) is 16.9. The van der Waals surface area contributed by atoms with E-state index in [1.54, 1.807) is 28.9 Å². The van der Waals surface area contributed by atoms with Gasteiger partial charge in [0.25, 0.3) is 5.91 Å². The molecule has 5 aliphatic rings. The lowest BCUT2D eigenvalue weighted by atomic mass is 9.63. The van der Waals surface area contributed by atoms with Crippen molar-refractivity contribution >= 4 is 23.4 Å². The van der Waals surface area contributed by atoms with Gasteiger partial charge in [-0.3, -0.25) is 24.5 Å². The van der Waals surface area contributed by atoms with Gasteiger partial charge in [0.1, 0.15) is 0 Å². The molecule has 4 aliphatic carbocycles. The Bertz CT molecular complexity index is 1090. The van der Waals surface area contributed by atoms with E-state index < -0.39 is 0 Å². The third-order valence-corrected chi connectivity index (χ3v) is 7.51. The summed E-state index contributed by atoms with van der Waals surface area (Å²) in [7, 11) is 0. The molecule has 1 aromatic carbocycles. The number of imide groups is 1. The van der Waals surface area contributed by atoms with E-state index in [0.717, 1.165) is 17.8 Å². The average molecular weight is 401 g/mol. The molecule has 7 rings (SSSR count). The van der Waals surface area contributed by atoms with Crippen LogP contribution in [0.2, 0.25) is 0 Å². The van der Waals surface area contributed by atoms with E-state index >= 15 is 0 Å². The number of aryl methyl sites for hydroxylation is 2. The summed E-state index contributed by atoms with van der Waals surface area (Å²) < 4.78 is 1.73. The van der Waals surface area contributed by atoms with Gasteiger partial charge in [0.15, 0.2) is 0 Å². The maximum atomic E-state index is 13.3. The Hall–Kier alpha value is -3.15. The number of carbonyl (C=O) groups excluding carboxylic acids is 3. The van der Waals surface area contributed by atoms with Crippen LogP contribution in [0.5, 0.6) is 0 Å². The van der Waals surface area contributed by atoms with Crippen molar-refractivity contribution in [3.05, 3.63) is 65.5 Å². The van der Waals surface area contributed by atoms with Crippen molar-refractivity contribution < 1.29 is 14.4 Å². The van der Waals surface area contributed by atoms with Gasteiger partial charge in [-0.25, -0.2) is 4.90 Å². The summed E-state index contributed by atoms with van der Waals surface area (Å²) in [5.74, 6) is 0.562. The molecule has 1 aromatic heterocycles. The van der Waals surface area contributed by atoms with E-state index in [2.05, 4.69) is 17.6 Å². The van der Waals surface area contributed by atoms with Gasteiger partial charge in [-0.05, 0) is 74.3 Å². The molecule has 2 saturated carbocycles. The van der Waals surface area contributed by atoms with Crippen molar-refractivity contribution in [3.8, 4) is 0 Å². The summed E-state index contributed by atoms with van der Waals surface area (Å²) in [5.41, 5.74) is 5.63. The molecule has 6 nitrogen and oxygen atoms in total. The first-order valence-corrected chi connectivity index (χ1v) is 10.6. The average Bonchev–Trinajstić information content (AvgIpc) is 3.46. The van der Waals surface area contributed by atoms with E-state index in [9.17, 15) is 14.4 Å². The van der Waals surface area contributed by atoms with E-state index in [4.69, 9.17) is 0 Å². The predicted octanol–water partition coefficient (Wildman–Crippen LogP) is 3.05. The van der Waals surface area contributed by atoms with Crippen LogP contribution in [-0.2, 0) is 9.59 Å². The van der Waals surface area contributed by atoms with Crippen molar-refractivity contribution in [2.75, 3.05) is 10.3 Å². The first-order chi connectivity index (χ1) is 14.5. The lowest BCUT2D eigenvalue weighted by molar-refractivity contribution is -0.124. The third kappa shape index (κ3) is 2.27. The van der Waals surface area contributed by atoms with Crippen molar-refractivity contribution in [1.29, 1.82) is 0 Å². The van der Waals surface area contributed by atoms with Crippen molar-refractivity contribution in [2.24, 2.45) is 35.5 Å². The second kappa shape index (κ2) is 5.94. The Balaban J connectivity index is 1.30. The van der Waals surface area contributed by atoms with Crippen LogP contribution in [0.4, 0.5) is 5.69 Å². The number of aromatic nitrogens is 1. The van der Waals surface area contributed by atoms with Gasteiger partial charge in [-0.2, -0.15) is 0 Å². The highest BCUT2D eigenvalue weighted by atomic mass is 16.2. The fourth-order valence-corrected chi connectivity index (χ4v) is 6.01. The monoisotopic (exact) mass is 401 g/mol. The van der Waals surface area contributed by atoms with Crippen molar-refractivity contribution in [3.63, 3.8) is 0 Å². The number of anilines is 1. The normalized spacial score (nSPS) is 32.9. The highest BCUT2D eigenvalue weighted by Gasteiger charge is 2.67. The molecular weight excluding hydrogens is 378 g/mol. The molecule has 0 spiro atoms. The molecule has 3 fully saturated rings. The van der Waals surface area contributed by atoms with E-state index in [0.29, 0.717) is 23.1 Å². The van der Waals surface area contributed by atoms with Gasteiger partial charge in [-0.1, -0.05) is 18.2 Å². The number of benzene rings is 1. The molecule has 1 saturated heterocycles. The number of carbonyl (C=O) groups is 3. The van der Waals surface area contributed by atoms with Crippen LogP contribution >= 0.6 is 0 Å². The molecule has 1 aliphatic heterocycles.